The van der Waals surface area contributed by atoms with Crippen molar-refractivity contribution in [3.8, 4) is 0 Å². The van der Waals surface area contributed by atoms with E-state index in [1.807, 2.05) is 31.2 Å². The Morgan fingerprint density at radius 1 is 1.56 bits per heavy atom. The lowest BCUT2D eigenvalue weighted by atomic mass is 10.00. The van der Waals surface area contributed by atoms with Crippen molar-refractivity contribution in [3.63, 3.8) is 0 Å². The van der Waals surface area contributed by atoms with Crippen molar-refractivity contribution >= 4 is 11.6 Å². The first-order valence-corrected chi connectivity index (χ1v) is 5.80. The molecule has 1 saturated carbocycles. The molecule has 0 heterocycles. The third kappa shape index (κ3) is 2.75. The van der Waals surface area contributed by atoms with Gasteiger partial charge in [0.05, 0.1) is 5.92 Å². The van der Waals surface area contributed by atoms with Crippen LogP contribution in [0.4, 0.5) is 5.69 Å². The molecule has 0 radical (unpaired) electrons. The van der Waals surface area contributed by atoms with Gasteiger partial charge in [-0.3, -0.25) is 4.79 Å². The standard InChI is InChI=1S/C13H18N2O/c1-9(11-3-2-4-12(14)7-11)13(16)15-8-10-5-6-10/h2-4,7,9-10H,5-6,8,14H2,1H3,(H,15,16). The predicted octanol–water partition coefficient (Wildman–Crippen LogP) is 1.90. The molecule has 1 unspecified atom stereocenters. The van der Waals surface area contributed by atoms with Gasteiger partial charge in [-0.25, -0.2) is 0 Å². The molecule has 2 rings (SSSR count). The Labute approximate surface area is 96.0 Å². The second kappa shape index (κ2) is 4.56. The van der Waals surface area contributed by atoms with Crippen LogP contribution in [0, 0.1) is 5.92 Å². The van der Waals surface area contributed by atoms with Crippen molar-refractivity contribution in [2.24, 2.45) is 5.92 Å². The van der Waals surface area contributed by atoms with Crippen LogP contribution in [0.1, 0.15) is 31.2 Å². The molecule has 1 aliphatic rings. The molecule has 1 aromatic rings. The normalized spacial score (nSPS) is 16.8. The first-order valence-electron chi connectivity index (χ1n) is 5.80. The maximum Gasteiger partial charge on any atom is 0.227 e. The van der Waals surface area contributed by atoms with Gasteiger partial charge in [0, 0.05) is 12.2 Å². The Hall–Kier alpha value is -1.51. The third-order valence-electron chi connectivity index (χ3n) is 3.07. The van der Waals surface area contributed by atoms with Gasteiger partial charge >= 0.3 is 0 Å². The first kappa shape index (κ1) is 11.0. The molecule has 0 bridgehead atoms. The zero-order chi connectivity index (χ0) is 11.5. The molecule has 0 saturated heterocycles. The van der Waals surface area contributed by atoms with E-state index < -0.39 is 0 Å². The van der Waals surface area contributed by atoms with E-state index >= 15 is 0 Å². The number of nitrogens with one attached hydrogen (secondary N) is 1. The number of nitrogen functional groups attached to an aromatic ring is 1. The van der Waals surface area contributed by atoms with Gasteiger partial charge in [0.15, 0.2) is 0 Å². The minimum atomic E-state index is -0.123. The number of carbonyl (C=O) groups excluding carboxylic acids is 1. The maximum absolute atomic E-state index is 11.8. The molecule has 0 aromatic heterocycles. The summed E-state index contributed by atoms with van der Waals surface area (Å²) in [6, 6.07) is 7.52. The molecule has 1 atom stereocenters. The smallest absolute Gasteiger partial charge is 0.227 e. The number of hydrogen-bond donors (Lipinski definition) is 2. The van der Waals surface area contributed by atoms with Crippen molar-refractivity contribution in [1.82, 2.24) is 5.32 Å². The fourth-order valence-electron chi connectivity index (χ4n) is 1.70. The zero-order valence-electron chi connectivity index (χ0n) is 9.57. The highest BCUT2D eigenvalue weighted by molar-refractivity contribution is 5.83. The van der Waals surface area contributed by atoms with E-state index in [1.54, 1.807) is 0 Å². The van der Waals surface area contributed by atoms with Crippen LogP contribution in [-0.4, -0.2) is 12.5 Å². The van der Waals surface area contributed by atoms with Crippen LogP contribution in [0.25, 0.3) is 0 Å². The summed E-state index contributed by atoms with van der Waals surface area (Å²) in [7, 11) is 0. The number of anilines is 1. The highest BCUT2D eigenvalue weighted by Crippen LogP contribution is 2.28. The van der Waals surface area contributed by atoms with Crippen LogP contribution in [0.5, 0.6) is 0 Å². The van der Waals surface area contributed by atoms with Gasteiger partial charge in [-0.05, 0) is 43.4 Å². The molecule has 0 spiro atoms. The molecular weight excluding hydrogens is 200 g/mol. The molecule has 1 aromatic carbocycles. The fourth-order valence-corrected chi connectivity index (χ4v) is 1.70. The van der Waals surface area contributed by atoms with Gasteiger partial charge in [-0.2, -0.15) is 0 Å². The minimum Gasteiger partial charge on any atom is -0.399 e. The van der Waals surface area contributed by atoms with E-state index in [0.29, 0.717) is 5.69 Å². The molecule has 3 heteroatoms. The molecule has 1 amide bonds. The number of hydrogen-bond acceptors (Lipinski definition) is 2. The largest absolute Gasteiger partial charge is 0.399 e. The van der Waals surface area contributed by atoms with E-state index in [4.69, 9.17) is 5.73 Å². The summed E-state index contributed by atoms with van der Waals surface area (Å²) in [5, 5.41) is 2.98. The van der Waals surface area contributed by atoms with E-state index in [-0.39, 0.29) is 11.8 Å². The molecule has 86 valence electrons. The lowest BCUT2D eigenvalue weighted by molar-refractivity contribution is -0.122. The van der Waals surface area contributed by atoms with Gasteiger partial charge in [0.1, 0.15) is 0 Å². The minimum absolute atomic E-state index is 0.0949. The Morgan fingerprint density at radius 3 is 2.94 bits per heavy atom. The number of benzene rings is 1. The van der Waals surface area contributed by atoms with E-state index in [0.717, 1.165) is 18.0 Å². The second-order valence-corrected chi connectivity index (χ2v) is 4.58. The van der Waals surface area contributed by atoms with Crippen molar-refractivity contribution < 1.29 is 4.79 Å². The van der Waals surface area contributed by atoms with E-state index in [9.17, 15) is 4.79 Å². The molecular formula is C13H18N2O. The van der Waals surface area contributed by atoms with Crippen molar-refractivity contribution in [3.05, 3.63) is 29.8 Å². The fraction of sp³-hybridized carbons (Fsp3) is 0.462. The summed E-state index contributed by atoms with van der Waals surface area (Å²) < 4.78 is 0. The molecule has 1 fully saturated rings. The Kier molecular flexibility index (Phi) is 3.13. The van der Waals surface area contributed by atoms with E-state index in [1.165, 1.54) is 12.8 Å². The number of nitrogens with two attached hydrogens (primary N) is 1. The van der Waals surface area contributed by atoms with Gasteiger partial charge < -0.3 is 11.1 Å². The van der Waals surface area contributed by atoms with Gasteiger partial charge in [0.2, 0.25) is 5.91 Å². The summed E-state index contributed by atoms with van der Waals surface area (Å²) in [5.41, 5.74) is 7.38. The van der Waals surface area contributed by atoms with Crippen LogP contribution in [0.2, 0.25) is 0 Å². The first-order chi connectivity index (χ1) is 7.66. The van der Waals surface area contributed by atoms with Crippen LogP contribution in [0.3, 0.4) is 0 Å². The number of carbonyl (C=O) groups is 1. The highest BCUT2D eigenvalue weighted by atomic mass is 16.1. The zero-order valence-corrected chi connectivity index (χ0v) is 9.57. The summed E-state index contributed by atoms with van der Waals surface area (Å²) in [6.07, 6.45) is 2.51. The third-order valence-corrected chi connectivity index (χ3v) is 3.07. The quantitative estimate of drug-likeness (QED) is 0.758. The molecule has 16 heavy (non-hydrogen) atoms. The SMILES string of the molecule is CC(C(=O)NCC1CC1)c1cccc(N)c1. The lowest BCUT2D eigenvalue weighted by Gasteiger charge is -2.12. The van der Waals surface area contributed by atoms with Crippen molar-refractivity contribution in [1.29, 1.82) is 0 Å². The Balaban J connectivity index is 1.94. The molecule has 3 N–H and O–H groups in total. The van der Waals surface area contributed by atoms with Crippen LogP contribution < -0.4 is 11.1 Å². The summed E-state index contributed by atoms with van der Waals surface area (Å²) >= 11 is 0. The summed E-state index contributed by atoms with van der Waals surface area (Å²) in [4.78, 5) is 11.8. The average molecular weight is 218 g/mol. The average Bonchev–Trinajstić information content (AvgIpc) is 3.08. The topological polar surface area (TPSA) is 55.1 Å². The van der Waals surface area contributed by atoms with Crippen LogP contribution in [-0.2, 0) is 4.79 Å². The maximum atomic E-state index is 11.8. The number of amides is 1. The number of rotatable bonds is 4. The van der Waals surface area contributed by atoms with Gasteiger partial charge in [-0.15, -0.1) is 0 Å². The predicted molar refractivity (Wildman–Crippen MR) is 65.0 cm³/mol. The van der Waals surface area contributed by atoms with Crippen LogP contribution in [0.15, 0.2) is 24.3 Å². The lowest BCUT2D eigenvalue weighted by Crippen LogP contribution is -2.29. The summed E-state index contributed by atoms with van der Waals surface area (Å²) in [5.74, 6) is 0.691. The van der Waals surface area contributed by atoms with E-state index in [2.05, 4.69) is 5.32 Å². The summed E-state index contributed by atoms with van der Waals surface area (Å²) in [6.45, 7) is 2.74. The van der Waals surface area contributed by atoms with Crippen molar-refractivity contribution in [2.45, 2.75) is 25.7 Å². The highest BCUT2D eigenvalue weighted by Gasteiger charge is 2.23. The monoisotopic (exact) mass is 218 g/mol. The van der Waals surface area contributed by atoms with Crippen molar-refractivity contribution in [2.75, 3.05) is 12.3 Å². The molecule has 0 aliphatic heterocycles. The molecule has 3 nitrogen and oxygen atoms in total. The second-order valence-electron chi connectivity index (χ2n) is 4.58. The Bertz CT molecular complexity index is 385. The molecule has 1 aliphatic carbocycles. The Morgan fingerprint density at radius 2 is 2.31 bits per heavy atom. The van der Waals surface area contributed by atoms with Gasteiger partial charge in [-0.1, -0.05) is 12.1 Å². The van der Waals surface area contributed by atoms with Gasteiger partial charge in [0.25, 0.3) is 0 Å². The van der Waals surface area contributed by atoms with Crippen LogP contribution >= 0.6 is 0 Å².